The van der Waals surface area contributed by atoms with Crippen LogP contribution in [0.2, 0.25) is 0 Å². The second kappa shape index (κ2) is 13.2. The molecule has 44 heavy (non-hydrogen) atoms. The van der Waals surface area contributed by atoms with Gasteiger partial charge in [-0.05, 0) is 62.2 Å². The predicted molar refractivity (Wildman–Crippen MR) is 161 cm³/mol. The molecule has 1 aliphatic rings. The van der Waals surface area contributed by atoms with Crippen LogP contribution in [-0.2, 0) is 11.4 Å². The molecule has 1 aliphatic heterocycles. The summed E-state index contributed by atoms with van der Waals surface area (Å²) in [6, 6.07) is 26.3. The first-order valence-electron chi connectivity index (χ1n) is 14.1. The Bertz CT molecular complexity index is 1750. The molecule has 0 fully saturated rings. The quantitative estimate of drug-likeness (QED) is 0.159. The highest BCUT2D eigenvalue weighted by Crippen LogP contribution is 2.45. The lowest BCUT2D eigenvalue weighted by molar-refractivity contribution is -0.141. The first-order valence-corrected chi connectivity index (χ1v) is 14.1. The summed E-state index contributed by atoms with van der Waals surface area (Å²) in [6.07, 6.45) is -1.09. The number of aryl methyl sites for hydroxylation is 1. The van der Waals surface area contributed by atoms with Crippen molar-refractivity contribution in [2.45, 2.75) is 39.4 Å². The number of halogens is 1. The van der Waals surface area contributed by atoms with Gasteiger partial charge < -0.3 is 29.4 Å². The van der Waals surface area contributed by atoms with E-state index < -0.39 is 23.8 Å². The number of carbonyl (C=O) groups is 1. The van der Waals surface area contributed by atoms with Crippen LogP contribution in [0.4, 0.5) is 4.39 Å². The monoisotopic (exact) mass is 594 g/mol. The molecule has 224 valence electrons. The van der Waals surface area contributed by atoms with E-state index in [0.717, 1.165) is 11.1 Å². The van der Waals surface area contributed by atoms with Crippen LogP contribution in [0.25, 0.3) is 0 Å². The van der Waals surface area contributed by atoms with Crippen molar-refractivity contribution in [3.63, 3.8) is 0 Å². The van der Waals surface area contributed by atoms with Crippen molar-refractivity contribution in [1.82, 2.24) is 0 Å². The summed E-state index contributed by atoms with van der Waals surface area (Å²) < 4.78 is 42.7. The minimum atomic E-state index is -1.09. The Morgan fingerprint density at radius 3 is 2.50 bits per heavy atom. The van der Waals surface area contributed by atoms with Crippen molar-refractivity contribution in [3.05, 3.63) is 124 Å². The third kappa shape index (κ3) is 6.60. The first kappa shape index (κ1) is 30.0. The molecule has 0 radical (unpaired) electrons. The Labute approximate surface area is 255 Å². The highest BCUT2D eigenvalue weighted by molar-refractivity contribution is 5.77. The van der Waals surface area contributed by atoms with Gasteiger partial charge in [0.1, 0.15) is 29.7 Å². The van der Waals surface area contributed by atoms with E-state index in [-0.39, 0.29) is 23.0 Å². The number of para-hydroxylation sites is 1. The smallest absolute Gasteiger partial charge is 0.352 e. The van der Waals surface area contributed by atoms with Crippen molar-refractivity contribution >= 4 is 5.97 Å². The highest BCUT2D eigenvalue weighted by atomic mass is 19.1. The molecule has 0 aromatic heterocycles. The fourth-order valence-corrected chi connectivity index (χ4v) is 4.76. The third-order valence-electron chi connectivity index (χ3n) is 7.00. The van der Waals surface area contributed by atoms with E-state index in [1.165, 1.54) is 36.8 Å². The van der Waals surface area contributed by atoms with Gasteiger partial charge in [0, 0.05) is 11.6 Å². The fourth-order valence-electron chi connectivity index (χ4n) is 4.76. The number of allylic oxidation sites excluding steroid dienone is 1. The molecule has 8 nitrogen and oxygen atoms in total. The Kier molecular flexibility index (Phi) is 9.01. The van der Waals surface area contributed by atoms with E-state index in [9.17, 15) is 14.4 Å². The van der Waals surface area contributed by atoms with Crippen LogP contribution in [0.5, 0.6) is 28.7 Å². The number of nitriles is 1. The summed E-state index contributed by atoms with van der Waals surface area (Å²) in [5.74, 6) is -0.461. The number of hydrogen-bond donors (Lipinski definition) is 1. The van der Waals surface area contributed by atoms with E-state index in [1.54, 1.807) is 18.2 Å². The highest BCUT2D eigenvalue weighted by Gasteiger charge is 2.32. The average molecular weight is 595 g/mol. The van der Waals surface area contributed by atoms with Crippen LogP contribution in [0.1, 0.15) is 42.0 Å². The Hall–Kier alpha value is -5.49. The minimum Gasteiger partial charge on any atom is -0.490 e. The van der Waals surface area contributed by atoms with Gasteiger partial charge in [0.25, 0.3) is 0 Å². The Morgan fingerprint density at radius 2 is 1.77 bits per heavy atom. The maximum Gasteiger partial charge on any atom is 0.352 e. The van der Waals surface area contributed by atoms with Gasteiger partial charge in [-0.15, -0.1) is 0 Å². The Balaban J connectivity index is 1.39. The number of rotatable bonds is 10. The van der Waals surface area contributed by atoms with Crippen LogP contribution in [-0.4, -0.2) is 18.7 Å². The number of fused-ring (bicyclic) bond motifs is 1. The van der Waals surface area contributed by atoms with Gasteiger partial charge >= 0.3 is 5.97 Å². The molecule has 0 saturated carbocycles. The van der Waals surface area contributed by atoms with Gasteiger partial charge in [0.15, 0.2) is 29.2 Å². The molecule has 0 amide bonds. The number of hydrogen-bond acceptors (Lipinski definition) is 8. The first-order chi connectivity index (χ1) is 21.3. The van der Waals surface area contributed by atoms with Crippen LogP contribution in [0.3, 0.4) is 0 Å². The molecule has 9 heteroatoms. The molecule has 1 heterocycles. The van der Waals surface area contributed by atoms with E-state index in [4.69, 9.17) is 29.4 Å². The lowest BCUT2D eigenvalue weighted by Crippen LogP contribution is -2.29. The van der Waals surface area contributed by atoms with Crippen LogP contribution in [0, 0.1) is 24.1 Å². The molecule has 0 spiro atoms. The SMILES string of the molecule is CCOc1cc(C2C(C#N)=C(N)Oc3cc(OC(=O)C(C)Oc4ccccc4F)ccc32)ccc1OCc1ccc(C)cc1. The summed E-state index contributed by atoms with van der Waals surface area (Å²) in [4.78, 5) is 12.7. The van der Waals surface area contributed by atoms with Gasteiger partial charge in [-0.25, -0.2) is 9.18 Å². The molecule has 4 aromatic carbocycles. The zero-order chi connectivity index (χ0) is 31.2. The number of nitrogens with zero attached hydrogens (tertiary/aromatic N) is 1. The summed E-state index contributed by atoms with van der Waals surface area (Å²) in [5, 5.41) is 10.0. The van der Waals surface area contributed by atoms with Crippen molar-refractivity contribution in [3.8, 4) is 34.8 Å². The average Bonchev–Trinajstić information content (AvgIpc) is 3.01. The van der Waals surface area contributed by atoms with E-state index in [2.05, 4.69) is 6.07 Å². The number of carbonyl (C=O) groups excluding carboxylic acids is 1. The molecule has 4 aromatic rings. The van der Waals surface area contributed by atoms with Crippen molar-refractivity contribution in [1.29, 1.82) is 5.26 Å². The van der Waals surface area contributed by atoms with Crippen molar-refractivity contribution in [2.24, 2.45) is 5.73 Å². The Morgan fingerprint density at radius 1 is 1.00 bits per heavy atom. The molecule has 0 bridgehead atoms. The summed E-state index contributed by atoms with van der Waals surface area (Å²) in [5.41, 5.74) is 9.98. The molecule has 5 rings (SSSR count). The van der Waals surface area contributed by atoms with Crippen molar-refractivity contribution in [2.75, 3.05) is 6.61 Å². The molecule has 0 aliphatic carbocycles. The number of benzene rings is 4. The van der Waals surface area contributed by atoms with Gasteiger partial charge in [-0.2, -0.15) is 5.26 Å². The van der Waals surface area contributed by atoms with E-state index >= 15 is 0 Å². The van der Waals surface area contributed by atoms with Gasteiger partial charge in [-0.1, -0.05) is 54.1 Å². The lowest BCUT2D eigenvalue weighted by Gasteiger charge is -2.27. The van der Waals surface area contributed by atoms with Crippen molar-refractivity contribution < 1.29 is 32.9 Å². The number of nitrogens with two attached hydrogens (primary N) is 1. The normalized spacial score (nSPS) is 14.5. The number of esters is 1. The van der Waals surface area contributed by atoms with E-state index in [1.807, 2.05) is 56.3 Å². The van der Waals surface area contributed by atoms with Crippen LogP contribution < -0.4 is 29.4 Å². The molecule has 0 saturated heterocycles. The summed E-state index contributed by atoms with van der Waals surface area (Å²) in [6.45, 7) is 6.14. The zero-order valence-electron chi connectivity index (χ0n) is 24.5. The molecule has 2 unspecified atom stereocenters. The summed E-state index contributed by atoms with van der Waals surface area (Å²) >= 11 is 0. The standard InChI is InChI=1S/C35H31FN2O6/c1-4-40-32-17-24(13-16-30(32)41-20-23-11-9-21(2)10-12-23)33-26-15-14-25(18-31(26)44-34(38)27(33)19-37)43-35(39)22(3)42-29-8-6-5-7-28(29)36/h5-18,22,33H,4,20,38H2,1-3H3. The van der Waals surface area contributed by atoms with Crippen LogP contribution in [0.15, 0.2) is 96.4 Å². The summed E-state index contributed by atoms with van der Waals surface area (Å²) in [7, 11) is 0. The largest absolute Gasteiger partial charge is 0.490 e. The van der Waals surface area contributed by atoms with Gasteiger partial charge in [0.2, 0.25) is 5.88 Å². The lowest BCUT2D eigenvalue weighted by atomic mass is 9.83. The fraction of sp³-hybridized carbons (Fsp3) is 0.200. The number of ether oxygens (including phenoxy) is 5. The topological polar surface area (TPSA) is 113 Å². The van der Waals surface area contributed by atoms with Crippen LogP contribution >= 0.6 is 0 Å². The van der Waals surface area contributed by atoms with Gasteiger partial charge in [-0.3, -0.25) is 0 Å². The molecule has 2 N–H and O–H groups in total. The van der Waals surface area contributed by atoms with E-state index in [0.29, 0.717) is 36.0 Å². The third-order valence-corrected chi connectivity index (χ3v) is 7.00. The maximum absolute atomic E-state index is 14.0. The second-order valence-corrected chi connectivity index (χ2v) is 10.1. The molecular weight excluding hydrogens is 563 g/mol. The molecular formula is C35H31FN2O6. The molecule has 2 atom stereocenters. The minimum absolute atomic E-state index is 0.0616. The van der Waals surface area contributed by atoms with Gasteiger partial charge in [0.05, 0.1) is 12.5 Å². The zero-order valence-corrected chi connectivity index (χ0v) is 24.5. The second-order valence-electron chi connectivity index (χ2n) is 10.1. The predicted octanol–water partition coefficient (Wildman–Crippen LogP) is 6.70. The maximum atomic E-state index is 14.0.